The Morgan fingerprint density at radius 1 is 1.00 bits per heavy atom. The van der Waals surface area contributed by atoms with E-state index in [1.807, 2.05) is 18.3 Å². The van der Waals surface area contributed by atoms with Crippen LogP contribution < -0.4 is 0 Å². The van der Waals surface area contributed by atoms with Crippen LogP contribution in [0.15, 0.2) is 48.7 Å². The normalized spacial score (nSPS) is 11.8. The Morgan fingerprint density at radius 2 is 1.89 bits per heavy atom. The van der Waals surface area contributed by atoms with Crippen LogP contribution in [-0.2, 0) is 26.5 Å². The Bertz CT molecular complexity index is 729. The van der Waals surface area contributed by atoms with Crippen LogP contribution in [0.3, 0.4) is 0 Å². The second kappa shape index (κ2) is 4.31. The summed E-state index contributed by atoms with van der Waals surface area (Å²) in [7, 11) is 0. The molecule has 0 saturated carbocycles. The number of aromatic nitrogens is 1. The van der Waals surface area contributed by atoms with Gasteiger partial charge < -0.3 is 4.98 Å². The van der Waals surface area contributed by atoms with Gasteiger partial charge in [-0.1, -0.05) is 23.8 Å². The third-order valence-electron chi connectivity index (χ3n) is 3.44. The van der Waals surface area contributed by atoms with Crippen molar-refractivity contribution >= 4 is 10.8 Å². The summed E-state index contributed by atoms with van der Waals surface area (Å²) in [5, 5.41) is 2.57. The molecule has 0 unspecified atom stereocenters. The largest absolute Gasteiger partial charge is 0.304 e. The molecule has 0 fully saturated rings. The fraction of sp³-hybridized carbons (Fsp3) is 0.0625. The predicted octanol–water partition coefficient (Wildman–Crippen LogP) is 3.60. The van der Waals surface area contributed by atoms with E-state index in [-0.39, 0.29) is 20.1 Å². The predicted molar refractivity (Wildman–Crippen MR) is 68.8 cm³/mol. The van der Waals surface area contributed by atoms with Crippen LogP contribution in [0.2, 0.25) is 0 Å². The molecule has 1 radical (unpaired) electrons. The van der Waals surface area contributed by atoms with Crippen LogP contribution in [0.4, 0.5) is 0 Å². The third kappa shape index (κ3) is 1.53. The second-order valence-electron chi connectivity index (χ2n) is 4.42. The van der Waals surface area contributed by atoms with Crippen LogP contribution in [-0.4, -0.2) is 4.98 Å². The first-order valence-electron chi connectivity index (χ1n) is 5.80. The zero-order chi connectivity index (χ0) is 11.2. The zero-order valence-corrected chi connectivity index (χ0v) is 12.0. The maximum Gasteiger partial charge on any atom is 0.0167 e. The van der Waals surface area contributed by atoms with Gasteiger partial charge in [-0.2, -0.15) is 0 Å². The van der Waals surface area contributed by atoms with Gasteiger partial charge in [-0.25, -0.2) is 0 Å². The van der Waals surface area contributed by atoms with E-state index in [0.29, 0.717) is 0 Å². The van der Waals surface area contributed by atoms with Crippen LogP contribution in [0.25, 0.3) is 22.0 Å². The summed E-state index contributed by atoms with van der Waals surface area (Å²) in [6, 6.07) is 18.1. The molecule has 18 heavy (non-hydrogen) atoms. The van der Waals surface area contributed by atoms with Crippen molar-refractivity contribution in [3.05, 3.63) is 65.9 Å². The molecular formula is C16H10IrN-. The van der Waals surface area contributed by atoms with Crippen LogP contribution in [0.5, 0.6) is 0 Å². The minimum absolute atomic E-state index is 0. The number of hydrogen-bond donors (Lipinski definition) is 0. The van der Waals surface area contributed by atoms with Gasteiger partial charge in [-0.3, -0.25) is 0 Å². The molecule has 0 amide bonds. The van der Waals surface area contributed by atoms with E-state index in [1.54, 1.807) is 0 Å². The Morgan fingerprint density at radius 3 is 2.83 bits per heavy atom. The Kier molecular flexibility index (Phi) is 2.77. The zero-order valence-electron chi connectivity index (χ0n) is 9.61. The Balaban J connectivity index is 0.000001000. The standard InChI is InChI=1S/C16H10N.Ir/c1-2-7-14-12(4-1)10-13-6-3-5-11-8-9-17-16(14)15(11)13;/h1-6,8-9H,10H2;/q-1;. The van der Waals surface area contributed by atoms with Gasteiger partial charge in [0.15, 0.2) is 0 Å². The number of hydrogen-bond acceptors (Lipinski definition) is 1. The van der Waals surface area contributed by atoms with E-state index in [0.717, 1.165) is 17.7 Å². The van der Waals surface area contributed by atoms with Crippen LogP contribution in [0.1, 0.15) is 11.1 Å². The number of rotatable bonds is 0. The van der Waals surface area contributed by atoms with Gasteiger partial charge in [-0.15, -0.1) is 35.4 Å². The topological polar surface area (TPSA) is 12.9 Å². The quantitative estimate of drug-likeness (QED) is 0.405. The third-order valence-corrected chi connectivity index (χ3v) is 3.44. The van der Waals surface area contributed by atoms with Gasteiger partial charge in [-0.05, 0) is 29.0 Å². The van der Waals surface area contributed by atoms with Crippen LogP contribution in [0, 0.1) is 6.07 Å². The maximum absolute atomic E-state index is 4.55. The number of pyridine rings is 1. The molecule has 0 saturated heterocycles. The van der Waals surface area contributed by atoms with E-state index in [9.17, 15) is 0 Å². The molecule has 0 bridgehead atoms. The van der Waals surface area contributed by atoms with Crippen molar-refractivity contribution < 1.29 is 20.1 Å². The smallest absolute Gasteiger partial charge is 0.0167 e. The molecule has 1 heterocycles. The molecule has 1 aromatic heterocycles. The van der Waals surface area contributed by atoms with Gasteiger partial charge in [0.05, 0.1) is 0 Å². The average molecular weight is 408 g/mol. The summed E-state index contributed by atoms with van der Waals surface area (Å²) >= 11 is 0. The summed E-state index contributed by atoms with van der Waals surface area (Å²) in [5.41, 5.74) is 4.95. The fourth-order valence-corrected chi connectivity index (χ4v) is 2.69. The molecule has 1 nitrogen and oxygen atoms in total. The number of benzene rings is 2. The molecule has 0 N–H and O–H groups in total. The Labute approximate surface area is 119 Å². The van der Waals surface area contributed by atoms with Crippen molar-refractivity contribution in [3.8, 4) is 11.3 Å². The van der Waals surface area contributed by atoms with Crippen molar-refractivity contribution in [2.24, 2.45) is 0 Å². The minimum atomic E-state index is 0. The molecular weight excluding hydrogens is 398 g/mol. The monoisotopic (exact) mass is 409 g/mol. The molecule has 4 rings (SSSR count). The molecule has 89 valence electrons. The van der Waals surface area contributed by atoms with Gasteiger partial charge in [0.1, 0.15) is 0 Å². The summed E-state index contributed by atoms with van der Waals surface area (Å²) in [4.78, 5) is 4.55. The fourth-order valence-electron chi connectivity index (χ4n) is 2.69. The first-order chi connectivity index (χ1) is 8.43. The van der Waals surface area contributed by atoms with Crippen molar-refractivity contribution in [1.82, 2.24) is 4.98 Å². The summed E-state index contributed by atoms with van der Waals surface area (Å²) in [6.45, 7) is 0. The molecule has 2 aromatic carbocycles. The van der Waals surface area contributed by atoms with E-state index < -0.39 is 0 Å². The first kappa shape index (κ1) is 11.6. The van der Waals surface area contributed by atoms with E-state index in [2.05, 4.69) is 41.4 Å². The van der Waals surface area contributed by atoms with Gasteiger partial charge in [0, 0.05) is 26.3 Å². The molecule has 0 spiro atoms. The average Bonchev–Trinajstić information content (AvgIpc) is 2.39. The van der Waals surface area contributed by atoms with Gasteiger partial charge >= 0.3 is 0 Å². The van der Waals surface area contributed by atoms with E-state index in [1.165, 1.54) is 21.9 Å². The maximum atomic E-state index is 4.55. The first-order valence-corrected chi connectivity index (χ1v) is 5.80. The number of nitrogens with zero attached hydrogens (tertiary/aromatic N) is 1. The molecule has 1 aliphatic carbocycles. The van der Waals surface area contributed by atoms with Crippen molar-refractivity contribution in [3.63, 3.8) is 0 Å². The molecule has 2 heteroatoms. The summed E-state index contributed by atoms with van der Waals surface area (Å²) in [6.07, 6.45) is 2.88. The van der Waals surface area contributed by atoms with Crippen LogP contribution >= 0.6 is 0 Å². The van der Waals surface area contributed by atoms with Crippen molar-refractivity contribution in [2.75, 3.05) is 0 Å². The molecule has 0 aliphatic heterocycles. The number of fused-ring (bicyclic) bond motifs is 2. The summed E-state index contributed by atoms with van der Waals surface area (Å²) < 4.78 is 0. The van der Waals surface area contributed by atoms with E-state index in [4.69, 9.17) is 0 Å². The van der Waals surface area contributed by atoms with E-state index >= 15 is 0 Å². The SMILES string of the molecule is [Ir].[c-]1cccc2c1-c1nccc3cccc(c13)C2. The molecule has 3 aromatic rings. The Hall–Kier alpha value is -1.50. The molecule has 1 aliphatic rings. The van der Waals surface area contributed by atoms with Gasteiger partial charge in [0.25, 0.3) is 0 Å². The van der Waals surface area contributed by atoms with Crippen molar-refractivity contribution in [2.45, 2.75) is 6.42 Å². The molecule has 0 atom stereocenters. The summed E-state index contributed by atoms with van der Waals surface area (Å²) in [5.74, 6) is 0. The van der Waals surface area contributed by atoms with Crippen molar-refractivity contribution in [1.29, 1.82) is 0 Å². The van der Waals surface area contributed by atoms with Gasteiger partial charge in [0.2, 0.25) is 0 Å². The second-order valence-corrected chi connectivity index (χ2v) is 4.42. The minimum Gasteiger partial charge on any atom is -0.304 e.